The van der Waals surface area contributed by atoms with Crippen molar-refractivity contribution < 1.29 is 9.84 Å². The van der Waals surface area contributed by atoms with Crippen LogP contribution in [0, 0.1) is 0 Å². The summed E-state index contributed by atoms with van der Waals surface area (Å²) < 4.78 is 9.79. The van der Waals surface area contributed by atoms with Crippen molar-refractivity contribution in [1.29, 1.82) is 0 Å². The maximum atomic E-state index is 11.1. The number of ether oxygens (including phenoxy) is 1. The Kier molecular flexibility index (Phi) is 12.1. The molecule has 0 saturated heterocycles. The molecule has 1 rings (SSSR count). The fourth-order valence-corrected chi connectivity index (χ4v) is 18.9. The number of benzene rings is 1. The van der Waals surface area contributed by atoms with Crippen molar-refractivity contribution in [3.05, 3.63) is 35.9 Å². The van der Waals surface area contributed by atoms with Gasteiger partial charge in [-0.05, 0) is 0 Å². The molecule has 0 aliphatic rings. The SMILES string of the molecule is CCC[CH2][Sn]([CH2]CCC)([CH2]CCC)[CH](O)COCc1ccccc1. The molecule has 0 fully saturated rings. The first-order valence-corrected chi connectivity index (χ1v) is 17.7. The van der Waals surface area contributed by atoms with Crippen molar-refractivity contribution in [3.63, 3.8) is 0 Å². The van der Waals surface area contributed by atoms with Gasteiger partial charge < -0.3 is 0 Å². The Hall–Kier alpha value is -0.0613. The van der Waals surface area contributed by atoms with Crippen LogP contribution in [0.1, 0.15) is 64.9 Å². The van der Waals surface area contributed by atoms with Gasteiger partial charge in [0, 0.05) is 0 Å². The molecule has 1 aromatic rings. The Balaban J connectivity index is 2.65. The van der Waals surface area contributed by atoms with E-state index in [-0.39, 0.29) is 4.12 Å². The first-order valence-electron chi connectivity index (χ1n) is 9.98. The third-order valence-electron chi connectivity index (χ3n) is 5.18. The van der Waals surface area contributed by atoms with Crippen LogP contribution in [0.5, 0.6) is 0 Å². The summed E-state index contributed by atoms with van der Waals surface area (Å²) in [6.07, 6.45) is 7.61. The van der Waals surface area contributed by atoms with E-state index in [0.717, 1.165) is 0 Å². The average molecular weight is 441 g/mol. The van der Waals surface area contributed by atoms with E-state index in [1.54, 1.807) is 0 Å². The maximum absolute atomic E-state index is 11.1. The Morgan fingerprint density at radius 2 is 1.38 bits per heavy atom. The standard InChI is InChI=1S/C9H11O2.3C4H9.Sn/c10-6-7-11-8-9-4-2-1-3-5-9;3*1-3-4-2;/h1-6,10H,7-8H2;3*1,3-4H2,2H3;. The van der Waals surface area contributed by atoms with Crippen molar-refractivity contribution >= 4 is 18.4 Å². The third kappa shape index (κ3) is 7.88. The number of hydrogen-bond acceptors (Lipinski definition) is 2. The zero-order valence-electron chi connectivity index (χ0n) is 16.1. The van der Waals surface area contributed by atoms with Crippen molar-refractivity contribution in [2.45, 2.75) is 83.3 Å². The van der Waals surface area contributed by atoms with Crippen LogP contribution in [-0.4, -0.2) is 34.2 Å². The minimum atomic E-state index is -2.54. The zero-order valence-corrected chi connectivity index (χ0v) is 19.0. The van der Waals surface area contributed by atoms with Crippen molar-refractivity contribution in [2.24, 2.45) is 0 Å². The summed E-state index contributed by atoms with van der Waals surface area (Å²) in [4.78, 5) is 0. The summed E-state index contributed by atoms with van der Waals surface area (Å²) in [5, 5.41) is 11.1. The topological polar surface area (TPSA) is 29.5 Å². The molecular formula is C21H38O2Sn. The number of hydrogen-bond donors (Lipinski definition) is 1. The van der Waals surface area contributed by atoms with Gasteiger partial charge in [0.2, 0.25) is 0 Å². The summed E-state index contributed by atoms with van der Waals surface area (Å²) in [7, 11) is 0. The first kappa shape index (κ1) is 22.0. The quantitative estimate of drug-likeness (QED) is 0.362. The number of aliphatic hydroxyl groups excluding tert-OH is 1. The second kappa shape index (κ2) is 13.2. The Labute approximate surface area is 153 Å². The summed E-state index contributed by atoms with van der Waals surface area (Å²) in [5.74, 6) is 0. The molecule has 24 heavy (non-hydrogen) atoms. The van der Waals surface area contributed by atoms with Crippen molar-refractivity contribution in [2.75, 3.05) is 6.61 Å². The van der Waals surface area contributed by atoms with Crippen LogP contribution in [0.25, 0.3) is 0 Å². The van der Waals surface area contributed by atoms with Crippen LogP contribution < -0.4 is 0 Å². The van der Waals surface area contributed by atoms with Gasteiger partial charge in [-0.3, -0.25) is 0 Å². The van der Waals surface area contributed by atoms with Gasteiger partial charge in [-0.25, -0.2) is 0 Å². The van der Waals surface area contributed by atoms with Gasteiger partial charge in [0.1, 0.15) is 0 Å². The number of rotatable bonds is 14. The summed E-state index contributed by atoms with van der Waals surface area (Å²) in [6, 6.07) is 10.3. The number of aliphatic hydroxyl groups is 1. The molecule has 0 aliphatic heterocycles. The van der Waals surface area contributed by atoms with Gasteiger partial charge in [-0.2, -0.15) is 0 Å². The van der Waals surface area contributed by atoms with Crippen LogP contribution in [0.3, 0.4) is 0 Å². The van der Waals surface area contributed by atoms with E-state index >= 15 is 0 Å². The number of unbranched alkanes of at least 4 members (excludes halogenated alkanes) is 3. The van der Waals surface area contributed by atoms with E-state index < -0.39 is 18.4 Å². The molecule has 0 radical (unpaired) electrons. The normalized spacial score (nSPS) is 13.2. The predicted octanol–water partition coefficient (Wildman–Crippen LogP) is 5.95. The molecule has 0 aromatic heterocycles. The molecule has 0 heterocycles. The molecule has 0 spiro atoms. The molecular weight excluding hydrogens is 403 g/mol. The second-order valence-electron chi connectivity index (χ2n) is 7.19. The molecule has 2 nitrogen and oxygen atoms in total. The van der Waals surface area contributed by atoms with E-state index in [1.807, 2.05) is 18.2 Å². The fraction of sp³-hybridized carbons (Fsp3) is 0.714. The summed E-state index contributed by atoms with van der Waals surface area (Å²) in [6.45, 7) is 7.98. The van der Waals surface area contributed by atoms with E-state index in [0.29, 0.717) is 13.2 Å². The van der Waals surface area contributed by atoms with E-state index in [4.69, 9.17) is 4.74 Å². The van der Waals surface area contributed by atoms with Gasteiger partial charge in [0.15, 0.2) is 0 Å². The Morgan fingerprint density at radius 1 is 0.875 bits per heavy atom. The molecule has 0 amide bonds. The van der Waals surface area contributed by atoms with Crippen LogP contribution in [0.2, 0.25) is 13.3 Å². The second-order valence-corrected chi connectivity index (χ2v) is 21.1. The van der Waals surface area contributed by atoms with Crippen LogP contribution >= 0.6 is 0 Å². The van der Waals surface area contributed by atoms with E-state index in [9.17, 15) is 5.11 Å². The van der Waals surface area contributed by atoms with Gasteiger partial charge in [0.05, 0.1) is 0 Å². The van der Waals surface area contributed by atoms with Crippen molar-refractivity contribution in [1.82, 2.24) is 0 Å². The van der Waals surface area contributed by atoms with Gasteiger partial charge in [-0.1, -0.05) is 0 Å². The van der Waals surface area contributed by atoms with E-state index in [2.05, 4.69) is 32.9 Å². The van der Waals surface area contributed by atoms with Gasteiger partial charge in [-0.15, -0.1) is 0 Å². The van der Waals surface area contributed by atoms with Crippen molar-refractivity contribution in [3.8, 4) is 0 Å². The Bertz CT molecular complexity index is 386. The summed E-state index contributed by atoms with van der Waals surface area (Å²) in [5.41, 5.74) is 1.20. The van der Waals surface area contributed by atoms with Gasteiger partial charge in [0.25, 0.3) is 0 Å². The molecule has 1 unspecified atom stereocenters. The molecule has 1 atom stereocenters. The zero-order chi connectivity index (χ0) is 17.7. The van der Waals surface area contributed by atoms with Gasteiger partial charge >= 0.3 is 154 Å². The fourth-order valence-electron chi connectivity index (χ4n) is 3.50. The molecule has 0 saturated carbocycles. The predicted molar refractivity (Wildman–Crippen MR) is 107 cm³/mol. The molecule has 1 N–H and O–H groups in total. The molecule has 138 valence electrons. The third-order valence-corrected chi connectivity index (χ3v) is 21.2. The molecule has 0 aliphatic carbocycles. The van der Waals surface area contributed by atoms with Crippen LogP contribution in [0.4, 0.5) is 0 Å². The minimum absolute atomic E-state index is 0.146. The van der Waals surface area contributed by atoms with Crippen LogP contribution in [0.15, 0.2) is 30.3 Å². The summed E-state index contributed by atoms with van der Waals surface area (Å²) >= 11 is -2.54. The van der Waals surface area contributed by atoms with Crippen LogP contribution in [-0.2, 0) is 11.3 Å². The Morgan fingerprint density at radius 3 is 1.83 bits per heavy atom. The average Bonchev–Trinajstić information content (AvgIpc) is 2.62. The molecule has 0 bridgehead atoms. The first-order chi connectivity index (χ1) is 11.7. The molecule has 1 aromatic carbocycles. The molecule has 3 heteroatoms. The monoisotopic (exact) mass is 442 g/mol. The van der Waals surface area contributed by atoms with E-state index in [1.165, 1.54) is 57.4 Å².